The maximum atomic E-state index is 13.6. The average Bonchev–Trinajstić information content (AvgIpc) is 3.26. The first-order valence-electron chi connectivity index (χ1n) is 9.81. The Labute approximate surface area is 199 Å². The van der Waals surface area contributed by atoms with Gasteiger partial charge in [0.15, 0.2) is 17.5 Å². The molecule has 1 saturated heterocycles. The molecule has 7 nitrogen and oxygen atoms in total. The number of nitrogens with zero attached hydrogens (tertiary/aromatic N) is 3. The third-order valence-electron chi connectivity index (χ3n) is 5.34. The molecule has 0 radical (unpaired) electrons. The predicted octanol–water partition coefficient (Wildman–Crippen LogP) is 3.21. The van der Waals surface area contributed by atoms with E-state index in [9.17, 15) is 28.5 Å². The van der Waals surface area contributed by atoms with Crippen molar-refractivity contribution in [2.24, 2.45) is 0 Å². The van der Waals surface area contributed by atoms with Gasteiger partial charge >= 0.3 is 0 Å². The Kier molecular flexibility index (Phi) is 7.12. The minimum Gasteiger partial charge on any atom is -0.394 e. The van der Waals surface area contributed by atoms with Crippen LogP contribution in [-0.2, 0) is 4.74 Å². The zero-order chi connectivity index (χ0) is 23.9. The molecular formula is C21H19BrF3N3O4S. The van der Waals surface area contributed by atoms with Gasteiger partial charge in [-0.3, -0.25) is 0 Å². The highest BCUT2D eigenvalue weighted by Gasteiger charge is 2.46. The number of rotatable bonds is 5. The van der Waals surface area contributed by atoms with Gasteiger partial charge in [-0.1, -0.05) is 39.0 Å². The van der Waals surface area contributed by atoms with Crippen LogP contribution in [0.4, 0.5) is 13.2 Å². The van der Waals surface area contributed by atoms with E-state index in [-0.39, 0.29) is 11.3 Å². The van der Waals surface area contributed by atoms with E-state index >= 15 is 0 Å². The van der Waals surface area contributed by atoms with Crippen LogP contribution in [0.25, 0.3) is 11.3 Å². The number of halogens is 4. The van der Waals surface area contributed by atoms with Gasteiger partial charge < -0.3 is 20.1 Å². The molecule has 1 fully saturated rings. The second-order valence-corrected chi connectivity index (χ2v) is 9.59. The van der Waals surface area contributed by atoms with Crippen LogP contribution in [-0.4, -0.2) is 60.7 Å². The Hall–Kier alpha value is -1.96. The minimum absolute atomic E-state index is 0.00547. The van der Waals surface area contributed by atoms with E-state index in [0.717, 1.165) is 31.7 Å². The highest BCUT2D eigenvalue weighted by molar-refractivity contribution is 9.10. The zero-order valence-corrected chi connectivity index (χ0v) is 19.5. The van der Waals surface area contributed by atoms with Crippen LogP contribution >= 0.6 is 27.7 Å². The molecular weight excluding hydrogens is 527 g/mol. The normalized spacial score (nSPS) is 25.4. The molecule has 0 spiro atoms. The second-order valence-electron chi connectivity index (χ2n) is 7.56. The molecule has 12 heteroatoms. The van der Waals surface area contributed by atoms with Crippen molar-refractivity contribution in [3.63, 3.8) is 0 Å². The van der Waals surface area contributed by atoms with Gasteiger partial charge in [-0.15, -0.1) is 5.10 Å². The lowest BCUT2D eigenvalue weighted by Gasteiger charge is -2.41. The molecule has 3 aromatic rings. The maximum absolute atomic E-state index is 13.6. The molecule has 0 bridgehead atoms. The van der Waals surface area contributed by atoms with E-state index in [1.54, 1.807) is 0 Å². The van der Waals surface area contributed by atoms with E-state index in [1.165, 1.54) is 18.0 Å². The lowest BCUT2D eigenvalue weighted by molar-refractivity contribution is -0.178. The van der Waals surface area contributed by atoms with Gasteiger partial charge in [0.05, 0.1) is 12.8 Å². The summed E-state index contributed by atoms with van der Waals surface area (Å²) >= 11 is 4.65. The molecule has 1 aliphatic rings. The molecule has 2 unspecified atom stereocenters. The number of aliphatic hydroxyl groups excluding tert-OH is 3. The molecule has 2 aromatic carbocycles. The van der Waals surface area contributed by atoms with Gasteiger partial charge in [0.25, 0.3) is 0 Å². The van der Waals surface area contributed by atoms with Crippen molar-refractivity contribution in [1.82, 2.24) is 15.0 Å². The van der Waals surface area contributed by atoms with Crippen LogP contribution in [0.1, 0.15) is 11.6 Å². The molecule has 0 aliphatic carbocycles. The fraction of sp³-hybridized carbons (Fsp3) is 0.333. The van der Waals surface area contributed by atoms with Crippen LogP contribution in [0.2, 0.25) is 0 Å². The van der Waals surface area contributed by atoms with Crippen LogP contribution in [0.3, 0.4) is 0 Å². The molecule has 0 saturated carbocycles. The smallest absolute Gasteiger partial charge is 0.194 e. The molecule has 0 amide bonds. The number of thioether (sulfide) groups is 1. The van der Waals surface area contributed by atoms with Crippen molar-refractivity contribution in [2.45, 2.75) is 41.6 Å². The summed E-state index contributed by atoms with van der Waals surface area (Å²) in [6, 6.07) is 6.05. The Morgan fingerprint density at radius 2 is 1.82 bits per heavy atom. The summed E-state index contributed by atoms with van der Waals surface area (Å²) in [4.78, 5) is 0.778. The molecule has 176 valence electrons. The summed E-state index contributed by atoms with van der Waals surface area (Å²) in [6.07, 6.45) is -2.40. The number of hydrogen-bond acceptors (Lipinski definition) is 7. The highest BCUT2D eigenvalue weighted by Crippen LogP contribution is 2.39. The van der Waals surface area contributed by atoms with Crippen LogP contribution in [0.5, 0.6) is 0 Å². The van der Waals surface area contributed by atoms with Gasteiger partial charge in [-0.05, 0) is 36.8 Å². The Bertz CT molecular complexity index is 1140. The third-order valence-corrected chi connectivity index (χ3v) is 7.34. The van der Waals surface area contributed by atoms with Crippen molar-refractivity contribution in [1.29, 1.82) is 0 Å². The zero-order valence-electron chi connectivity index (χ0n) is 17.1. The number of ether oxygens (including phenoxy) is 1. The fourth-order valence-electron chi connectivity index (χ4n) is 3.52. The molecule has 3 N–H and O–H groups in total. The summed E-state index contributed by atoms with van der Waals surface area (Å²) in [7, 11) is 0. The van der Waals surface area contributed by atoms with Crippen LogP contribution in [0.15, 0.2) is 45.9 Å². The standard InChI is InChI=1S/C21H19BrF3N3O4S/c1-9-2-3-11(6-12(9)22)33-21-20(31)18(19(30)16(8-29)32-21)28-7-15(26-27-28)10-4-13(23)17(25)14(24)5-10/h2-7,16,18-21,29-31H,8H2,1H3/t16?,18-,19-,20?,21+/m0/s1. The molecule has 5 atom stereocenters. The van der Waals surface area contributed by atoms with Crippen molar-refractivity contribution < 1.29 is 33.2 Å². The third kappa shape index (κ3) is 4.81. The minimum atomic E-state index is -1.60. The highest BCUT2D eigenvalue weighted by atomic mass is 79.9. The molecule has 33 heavy (non-hydrogen) atoms. The fourth-order valence-corrected chi connectivity index (χ4v) is 5.15. The number of aromatic nitrogens is 3. The first-order chi connectivity index (χ1) is 15.7. The Morgan fingerprint density at radius 3 is 2.45 bits per heavy atom. The van der Waals surface area contributed by atoms with E-state index in [1.807, 2.05) is 25.1 Å². The summed E-state index contributed by atoms with van der Waals surface area (Å²) in [5.41, 5.74) is 0.0852. The van der Waals surface area contributed by atoms with Crippen molar-refractivity contribution in [3.05, 3.63) is 64.0 Å². The van der Waals surface area contributed by atoms with Gasteiger partial charge in [-0.2, -0.15) is 0 Å². The largest absolute Gasteiger partial charge is 0.394 e. The maximum Gasteiger partial charge on any atom is 0.194 e. The predicted molar refractivity (Wildman–Crippen MR) is 117 cm³/mol. The van der Waals surface area contributed by atoms with Crippen LogP contribution in [0, 0.1) is 24.4 Å². The number of hydrogen-bond donors (Lipinski definition) is 3. The average molecular weight is 546 g/mol. The number of aliphatic hydroxyl groups is 3. The summed E-state index contributed by atoms with van der Waals surface area (Å²) < 4.78 is 48.2. The van der Waals surface area contributed by atoms with E-state index in [4.69, 9.17) is 4.74 Å². The first kappa shape index (κ1) is 24.2. The van der Waals surface area contributed by atoms with Crippen molar-refractivity contribution in [2.75, 3.05) is 6.61 Å². The van der Waals surface area contributed by atoms with Gasteiger partial charge in [0, 0.05) is 14.9 Å². The summed E-state index contributed by atoms with van der Waals surface area (Å²) in [6.45, 7) is 1.41. The first-order valence-corrected chi connectivity index (χ1v) is 11.5. The molecule has 1 aliphatic heterocycles. The van der Waals surface area contributed by atoms with E-state index in [0.29, 0.717) is 0 Å². The summed E-state index contributed by atoms with van der Waals surface area (Å²) in [5, 5.41) is 39.1. The van der Waals surface area contributed by atoms with Gasteiger partial charge in [-0.25, -0.2) is 17.9 Å². The molecule has 4 rings (SSSR count). The summed E-state index contributed by atoms with van der Waals surface area (Å²) in [5.74, 6) is -4.37. The van der Waals surface area contributed by atoms with E-state index in [2.05, 4.69) is 26.2 Å². The van der Waals surface area contributed by atoms with Crippen LogP contribution < -0.4 is 0 Å². The SMILES string of the molecule is Cc1ccc(S[C@H]2OC(CO)[C@H](O)[C@H](n3cc(-c4cc(F)c(F)c(F)c4)nn3)C2O)cc1Br. The number of aryl methyl sites for hydroxylation is 1. The molecule has 1 aromatic heterocycles. The van der Waals surface area contributed by atoms with Crippen molar-refractivity contribution >= 4 is 27.7 Å². The van der Waals surface area contributed by atoms with Crippen molar-refractivity contribution in [3.8, 4) is 11.3 Å². The Morgan fingerprint density at radius 1 is 1.12 bits per heavy atom. The second kappa shape index (κ2) is 9.72. The Balaban J connectivity index is 1.63. The number of benzene rings is 2. The molecule has 2 heterocycles. The van der Waals surface area contributed by atoms with E-state index < -0.39 is 53.8 Å². The monoisotopic (exact) mass is 545 g/mol. The van der Waals surface area contributed by atoms with Gasteiger partial charge in [0.1, 0.15) is 35.5 Å². The van der Waals surface area contributed by atoms with Gasteiger partial charge in [0.2, 0.25) is 0 Å². The quantitative estimate of drug-likeness (QED) is 0.423. The lowest BCUT2D eigenvalue weighted by atomic mass is 9.97. The lowest BCUT2D eigenvalue weighted by Crippen LogP contribution is -2.55. The topological polar surface area (TPSA) is 101 Å².